The Balaban J connectivity index is 2.15. The van der Waals surface area contributed by atoms with Crippen molar-refractivity contribution < 1.29 is 19.0 Å². The predicted molar refractivity (Wildman–Crippen MR) is 88.2 cm³/mol. The number of nitrogens with zero attached hydrogens (tertiary/aromatic N) is 1. The number of hydrogen-bond donors (Lipinski definition) is 0. The quantitative estimate of drug-likeness (QED) is 0.871. The standard InChI is InChI=1S/C18H21NO4/c1-4-23-18(20)19-10-9-14-15(11-19)17(22-3)13-8-6-5-7-12(13)16(14)21-2/h5-8H,4,9-11H2,1-3H3. The van der Waals surface area contributed by atoms with Crippen LogP contribution in [-0.2, 0) is 17.7 Å². The van der Waals surface area contributed by atoms with Gasteiger partial charge in [-0.2, -0.15) is 0 Å². The minimum atomic E-state index is -0.285. The van der Waals surface area contributed by atoms with Crippen LogP contribution in [0.4, 0.5) is 4.79 Å². The first-order valence-electron chi connectivity index (χ1n) is 7.77. The van der Waals surface area contributed by atoms with Crippen molar-refractivity contribution in [1.29, 1.82) is 0 Å². The zero-order valence-corrected chi connectivity index (χ0v) is 13.7. The maximum Gasteiger partial charge on any atom is 0.410 e. The van der Waals surface area contributed by atoms with Crippen molar-refractivity contribution in [3.05, 3.63) is 35.4 Å². The molecule has 1 aliphatic heterocycles. The Morgan fingerprint density at radius 1 is 1.09 bits per heavy atom. The van der Waals surface area contributed by atoms with Crippen LogP contribution in [0.3, 0.4) is 0 Å². The van der Waals surface area contributed by atoms with Gasteiger partial charge in [-0.05, 0) is 13.3 Å². The summed E-state index contributed by atoms with van der Waals surface area (Å²) in [7, 11) is 3.35. The second-order valence-corrected chi connectivity index (χ2v) is 5.44. The molecule has 122 valence electrons. The lowest BCUT2D eigenvalue weighted by atomic mass is 9.93. The van der Waals surface area contributed by atoms with E-state index in [1.807, 2.05) is 31.2 Å². The molecule has 0 aromatic heterocycles. The Kier molecular flexibility index (Phi) is 4.28. The number of methoxy groups -OCH3 is 2. The van der Waals surface area contributed by atoms with Crippen LogP contribution in [0.5, 0.6) is 11.5 Å². The fraction of sp³-hybridized carbons (Fsp3) is 0.389. The molecule has 0 bridgehead atoms. The van der Waals surface area contributed by atoms with Crippen LogP contribution < -0.4 is 9.47 Å². The molecule has 0 atom stereocenters. The van der Waals surface area contributed by atoms with E-state index in [2.05, 4.69) is 0 Å². The first-order chi connectivity index (χ1) is 11.2. The summed E-state index contributed by atoms with van der Waals surface area (Å²) in [5, 5.41) is 2.03. The molecule has 0 N–H and O–H groups in total. The highest BCUT2D eigenvalue weighted by molar-refractivity contribution is 5.96. The molecule has 5 nitrogen and oxygen atoms in total. The molecule has 1 aliphatic rings. The third kappa shape index (κ3) is 2.56. The first kappa shape index (κ1) is 15.5. The Morgan fingerprint density at radius 2 is 1.70 bits per heavy atom. The molecular weight excluding hydrogens is 294 g/mol. The van der Waals surface area contributed by atoms with E-state index in [1.54, 1.807) is 19.1 Å². The number of ether oxygens (including phenoxy) is 3. The molecule has 0 spiro atoms. The van der Waals surface area contributed by atoms with E-state index < -0.39 is 0 Å². The van der Waals surface area contributed by atoms with E-state index in [9.17, 15) is 4.79 Å². The number of fused-ring (bicyclic) bond motifs is 2. The summed E-state index contributed by atoms with van der Waals surface area (Å²) >= 11 is 0. The number of amides is 1. The van der Waals surface area contributed by atoms with Crippen LogP contribution in [0, 0.1) is 0 Å². The Hall–Kier alpha value is -2.43. The number of rotatable bonds is 3. The van der Waals surface area contributed by atoms with Crippen molar-refractivity contribution in [3.63, 3.8) is 0 Å². The van der Waals surface area contributed by atoms with Crippen LogP contribution in [0.15, 0.2) is 24.3 Å². The number of benzene rings is 2. The van der Waals surface area contributed by atoms with E-state index in [0.717, 1.165) is 39.8 Å². The van der Waals surface area contributed by atoms with Gasteiger partial charge in [0.25, 0.3) is 0 Å². The smallest absolute Gasteiger partial charge is 0.410 e. The minimum Gasteiger partial charge on any atom is -0.496 e. The van der Waals surface area contributed by atoms with Gasteiger partial charge in [0, 0.05) is 28.4 Å². The van der Waals surface area contributed by atoms with Crippen molar-refractivity contribution in [2.45, 2.75) is 19.9 Å². The maximum absolute atomic E-state index is 12.1. The average Bonchev–Trinajstić information content (AvgIpc) is 2.59. The molecule has 0 saturated carbocycles. The first-order valence-corrected chi connectivity index (χ1v) is 7.77. The zero-order chi connectivity index (χ0) is 16.4. The maximum atomic E-state index is 12.1. The van der Waals surface area contributed by atoms with Crippen LogP contribution in [-0.4, -0.2) is 38.4 Å². The molecule has 1 heterocycles. The largest absolute Gasteiger partial charge is 0.496 e. The van der Waals surface area contributed by atoms with Gasteiger partial charge in [-0.25, -0.2) is 4.79 Å². The average molecular weight is 315 g/mol. The van der Waals surface area contributed by atoms with E-state index in [0.29, 0.717) is 19.7 Å². The Labute approximate surface area is 135 Å². The van der Waals surface area contributed by atoms with Crippen LogP contribution in [0.25, 0.3) is 10.8 Å². The number of carbonyl (C=O) groups is 1. The molecule has 1 amide bonds. The molecular formula is C18H21NO4. The van der Waals surface area contributed by atoms with Gasteiger partial charge in [-0.3, -0.25) is 0 Å². The molecule has 3 rings (SSSR count). The second kappa shape index (κ2) is 6.36. The Bertz CT molecular complexity index is 741. The highest BCUT2D eigenvalue weighted by Gasteiger charge is 2.28. The fourth-order valence-corrected chi connectivity index (χ4v) is 3.26. The van der Waals surface area contributed by atoms with Gasteiger partial charge in [0.15, 0.2) is 0 Å². The summed E-state index contributed by atoms with van der Waals surface area (Å²) < 4.78 is 16.5. The van der Waals surface area contributed by atoms with Crippen LogP contribution >= 0.6 is 0 Å². The lowest BCUT2D eigenvalue weighted by molar-refractivity contribution is 0.102. The molecule has 0 saturated heterocycles. The van der Waals surface area contributed by atoms with Gasteiger partial charge in [-0.15, -0.1) is 0 Å². The van der Waals surface area contributed by atoms with E-state index in [1.165, 1.54) is 0 Å². The predicted octanol–water partition coefficient (Wildman–Crippen LogP) is 3.37. The van der Waals surface area contributed by atoms with Gasteiger partial charge >= 0.3 is 6.09 Å². The van der Waals surface area contributed by atoms with Crippen molar-refractivity contribution in [3.8, 4) is 11.5 Å². The summed E-state index contributed by atoms with van der Waals surface area (Å²) in [6.07, 6.45) is 0.436. The lowest BCUT2D eigenvalue weighted by Crippen LogP contribution is -2.36. The van der Waals surface area contributed by atoms with Crippen molar-refractivity contribution in [2.24, 2.45) is 0 Å². The van der Waals surface area contributed by atoms with Gasteiger partial charge in [0.05, 0.1) is 27.4 Å². The van der Waals surface area contributed by atoms with E-state index in [-0.39, 0.29) is 6.09 Å². The van der Waals surface area contributed by atoms with Crippen molar-refractivity contribution in [1.82, 2.24) is 4.90 Å². The summed E-state index contributed by atoms with van der Waals surface area (Å²) in [5.41, 5.74) is 2.12. The lowest BCUT2D eigenvalue weighted by Gasteiger charge is -2.31. The second-order valence-electron chi connectivity index (χ2n) is 5.44. The van der Waals surface area contributed by atoms with Crippen LogP contribution in [0.1, 0.15) is 18.1 Å². The van der Waals surface area contributed by atoms with E-state index in [4.69, 9.17) is 14.2 Å². The highest BCUT2D eigenvalue weighted by Crippen LogP contribution is 2.43. The molecule has 0 unspecified atom stereocenters. The SMILES string of the molecule is CCOC(=O)N1CCc2c(c(OC)c3ccccc3c2OC)C1. The van der Waals surface area contributed by atoms with Gasteiger partial charge in [0.1, 0.15) is 11.5 Å². The molecule has 2 aromatic carbocycles. The third-order valence-corrected chi connectivity index (χ3v) is 4.24. The normalized spacial score (nSPS) is 13.6. The summed E-state index contributed by atoms with van der Waals surface area (Å²) in [6.45, 7) is 3.27. The fourth-order valence-electron chi connectivity index (χ4n) is 3.26. The van der Waals surface area contributed by atoms with Crippen molar-refractivity contribution >= 4 is 16.9 Å². The minimum absolute atomic E-state index is 0.285. The molecule has 5 heteroatoms. The highest BCUT2D eigenvalue weighted by atomic mass is 16.6. The topological polar surface area (TPSA) is 48.0 Å². The zero-order valence-electron chi connectivity index (χ0n) is 13.7. The molecule has 0 aliphatic carbocycles. The number of hydrogen-bond acceptors (Lipinski definition) is 4. The van der Waals surface area contributed by atoms with Crippen LogP contribution in [0.2, 0.25) is 0 Å². The summed E-state index contributed by atoms with van der Waals surface area (Å²) in [5.74, 6) is 1.69. The molecule has 2 aromatic rings. The molecule has 23 heavy (non-hydrogen) atoms. The third-order valence-electron chi connectivity index (χ3n) is 4.24. The van der Waals surface area contributed by atoms with Gasteiger partial charge in [0.2, 0.25) is 0 Å². The summed E-state index contributed by atoms with van der Waals surface area (Å²) in [4.78, 5) is 13.8. The van der Waals surface area contributed by atoms with Crippen molar-refractivity contribution in [2.75, 3.05) is 27.4 Å². The van der Waals surface area contributed by atoms with Gasteiger partial charge < -0.3 is 19.1 Å². The molecule has 0 radical (unpaired) electrons. The number of carbonyl (C=O) groups excluding carboxylic acids is 1. The summed E-state index contributed by atoms with van der Waals surface area (Å²) in [6, 6.07) is 8.02. The Morgan fingerprint density at radius 3 is 2.26 bits per heavy atom. The van der Waals surface area contributed by atoms with Gasteiger partial charge in [-0.1, -0.05) is 24.3 Å². The molecule has 0 fully saturated rings. The van der Waals surface area contributed by atoms with E-state index >= 15 is 0 Å². The monoisotopic (exact) mass is 315 g/mol.